The molecule has 0 aliphatic carbocycles. The normalized spacial score (nSPS) is 9.50. The second kappa shape index (κ2) is 7.24. The fourth-order valence-electron chi connectivity index (χ4n) is 1.07. The molecular weight excluding hydrogens is 210 g/mol. The Kier molecular flexibility index (Phi) is 5.43. The van der Waals surface area contributed by atoms with Crippen molar-refractivity contribution in [1.29, 1.82) is 0 Å². The molecule has 0 saturated carbocycles. The molecule has 0 aromatic carbocycles. The Morgan fingerprint density at radius 1 is 1.62 bits per heavy atom. The van der Waals surface area contributed by atoms with Gasteiger partial charge >= 0.3 is 0 Å². The summed E-state index contributed by atoms with van der Waals surface area (Å²) in [6.45, 7) is 1.44. The molecule has 0 bridgehead atoms. The summed E-state index contributed by atoms with van der Waals surface area (Å²) in [6.07, 6.45) is 4.01. The maximum Gasteiger partial charge on any atom is 0.221 e. The number of carbonyl (C=O) groups is 1. The van der Waals surface area contributed by atoms with E-state index in [9.17, 15) is 4.79 Å². The number of carbonyl (C=O) groups excluding carboxylic acids is 1. The van der Waals surface area contributed by atoms with Crippen molar-refractivity contribution in [2.45, 2.75) is 19.4 Å². The first-order chi connectivity index (χ1) is 7.83. The number of nitrogens with zero attached hydrogens (tertiary/aromatic N) is 6. The van der Waals surface area contributed by atoms with E-state index in [1.165, 1.54) is 6.33 Å². The van der Waals surface area contributed by atoms with Gasteiger partial charge in [-0.05, 0) is 12.0 Å². The number of aromatic nitrogens is 3. The largest absolute Gasteiger partial charge is 0.356 e. The van der Waals surface area contributed by atoms with Gasteiger partial charge in [-0.2, -0.15) is 5.10 Å². The van der Waals surface area contributed by atoms with Gasteiger partial charge in [-0.15, -0.1) is 0 Å². The molecule has 0 aliphatic rings. The van der Waals surface area contributed by atoms with Crippen molar-refractivity contribution >= 4 is 5.91 Å². The predicted octanol–water partition coefficient (Wildman–Crippen LogP) is 0.485. The summed E-state index contributed by atoms with van der Waals surface area (Å²) in [6, 6.07) is 0. The fraction of sp³-hybridized carbons (Fsp3) is 0.625. The zero-order valence-electron chi connectivity index (χ0n) is 8.78. The molecule has 0 radical (unpaired) electrons. The Hall–Kier alpha value is -2.08. The van der Waals surface area contributed by atoms with Gasteiger partial charge in [0.05, 0.1) is 6.54 Å². The molecule has 0 aliphatic heterocycles. The van der Waals surface area contributed by atoms with Crippen molar-refractivity contribution in [3.05, 3.63) is 23.1 Å². The van der Waals surface area contributed by atoms with Crippen LogP contribution in [0.15, 0.2) is 17.8 Å². The lowest BCUT2D eigenvalue weighted by Gasteiger charge is -2.03. The molecule has 0 fully saturated rings. The molecule has 1 rings (SSSR count). The average molecular weight is 223 g/mol. The average Bonchev–Trinajstić information content (AvgIpc) is 2.79. The van der Waals surface area contributed by atoms with Gasteiger partial charge in [-0.3, -0.25) is 9.48 Å². The minimum absolute atomic E-state index is 0.0450. The first kappa shape index (κ1) is 12.0. The zero-order valence-corrected chi connectivity index (χ0v) is 8.78. The topological polar surface area (TPSA) is 109 Å². The molecule has 0 unspecified atom stereocenters. The van der Waals surface area contributed by atoms with Gasteiger partial charge in [-0.1, -0.05) is 5.11 Å². The van der Waals surface area contributed by atoms with Gasteiger partial charge in [0.15, 0.2) is 0 Å². The molecule has 8 nitrogen and oxygen atoms in total. The lowest BCUT2D eigenvalue weighted by Crippen LogP contribution is -2.25. The lowest BCUT2D eigenvalue weighted by molar-refractivity contribution is -0.121. The van der Waals surface area contributed by atoms with Crippen molar-refractivity contribution in [3.8, 4) is 0 Å². The molecule has 1 aromatic rings. The third-order valence-electron chi connectivity index (χ3n) is 1.85. The Balaban J connectivity index is 2.05. The van der Waals surface area contributed by atoms with E-state index in [0.717, 1.165) is 0 Å². The standard InChI is InChI=1S/C8H13N7O/c9-14-12-4-1-3-11-8(16)2-5-15-7-10-6-13-15/h6-7H,1-5H2,(H,11,16). The van der Waals surface area contributed by atoms with Crippen LogP contribution in [0.5, 0.6) is 0 Å². The third kappa shape index (κ3) is 4.97. The highest BCUT2D eigenvalue weighted by molar-refractivity contribution is 5.75. The molecule has 0 atom stereocenters. The van der Waals surface area contributed by atoms with E-state index in [1.54, 1.807) is 11.0 Å². The smallest absolute Gasteiger partial charge is 0.221 e. The van der Waals surface area contributed by atoms with E-state index in [2.05, 4.69) is 25.4 Å². The first-order valence-corrected chi connectivity index (χ1v) is 4.93. The van der Waals surface area contributed by atoms with Crippen LogP contribution in [-0.4, -0.2) is 33.8 Å². The molecule has 86 valence electrons. The highest BCUT2D eigenvalue weighted by Crippen LogP contribution is 1.88. The van der Waals surface area contributed by atoms with E-state index >= 15 is 0 Å². The summed E-state index contributed by atoms with van der Waals surface area (Å²) in [5.41, 5.74) is 8.02. The SMILES string of the molecule is [N-]=[N+]=NCCCNC(=O)CCn1cncn1. The van der Waals surface area contributed by atoms with Crippen LogP contribution in [0, 0.1) is 0 Å². The minimum atomic E-state index is -0.0450. The Morgan fingerprint density at radius 2 is 2.50 bits per heavy atom. The number of azide groups is 1. The maximum absolute atomic E-state index is 11.3. The van der Waals surface area contributed by atoms with Crippen LogP contribution in [0.4, 0.5) is 0 Å². The quantitative estimate of drug-likeness (QED) is 0.314. The van der Waals surface area contributed by atoms with Gasteiger partial charge < -0.3 is 5.32 Å². The van der Waals surface area contributed by atoms with E-state index in [0.29, 0.717) is 32.5 Å². The summed E-state index contributed by atoms with van der Waals surface area (Å²) < 4.78 is 1.60. The summed E-state index contributed by atoms with van der Waals surface area (Å²) in [7, 11) is 0. The second-order valence-electron chi connectivity index (χ2n) is 3.07. The van der Waals surface area contributed by atoms with Crippen molar-refractivity contribution in [3.63, 3.8) is 0 Å². The highest BCUT2D eigenvalue weighted by atomic mass is 16.1. The van der Waals surface area contributed by atoms with Crippen LogP contribution in [0.2, 0.25) is 0 Å². The highest BCUT2D eigenvalue weighted by Gasteiger charge is 2.00. The molecule has 1 aromatic heterocycles. The van der Waals surface area contributed by atoms with Crippen molar-refractivity contribution < 1.29 is 4.79 Å². The second-order valence-corrected chi connectivity index (χ2v) is 3.07. The number of amides is 1. The van der Waals surface area contributed by atoms with Crippen molar-refractivity contribution in [2.75, 3.05) is 13.1 Å². The summed E-state index contributed by atoms with van der Waals surface area (Å²) in [5.74, 6) is -0.0450. The Labute approximate surface area is 92.3 Å². The molecule has 0 spiro atoms. The summed E-state index contributed by atoms with van der Waals surface area (Å²) in [4.78, 5) is 17.7. The van der Waals surface area contributed by atoms with Crippen LogP contribution in [0.1, 0.15) is 12.8 Å². The molecule has 16 heavy (non-hydrogen) atoms. The van der Waals surface area contributed by atoms with Gasteiger partial charge in [0, 0.05) is 24.4 Å². The Morgan fingerprint density at radius 3 is 3.19 bits per heavy atom. The van der Waals surface area contributed by atoms with Crippen molar-refractivity contribution in [1.82, 2.24) is 20.1 Å². The molecule has 8 heteroatoms. The van der Waals surface area contributed by atoms with Gasteiger partial charge in [-0.25, -0.2) is 4.98 Å². The number of hydrogen-bond donors (Lipinski definition) is 1. The first-order valence-electron chi connectivity index (χ1n) is 4.93. The molecule has 1 amide bonds. The van der Waals surface area contributed by atoms with Crippen LogP contribution >= 0.6 is 0 Å². The van der Waals surface area contributed by atoms with Crippen LogP contribution < -0.4 is 5.32 Å². The summed E-state index contributed by atoms with van der Waals surface area (Å²) >= 11 is 0. The zero-order chi connectivity index (χ0) is 11.6. The maximum atomic E-state index is 11.3. The van der Waals surface area contributed by atoms with Crippen molar-refractivity contribution in [2.24, 2.45) is 5.11 Å². The van der Waals surface area contributed by atoms with Gasteiger partial charge in [0.1, 0.15) is 12.7 Å². The van der Waals surface area contributed by atoms with Crippen LogP contribution in [0.25, 0.3) is 10.4 Å². The van der Waals surface area contributed by atoms with Gasteiger partial charge in [0.2, 0.25) is 5.91 Å². The fourth-order valence-corrected chi connectivity index (χ4v) is 1.07. The molecule has 0 saturated heterocycles. The number of rotatable bonds is 7. The van der Waals surface area contributed by atoms with Crippen LogP contribution in [0.3, 0.4) is 0 Å². The van der Waals surface area contributed by atoms with E-state index in [4.69, 9.17) is 5.53 Å². The number of hydrogen-bond acceptors (Lipinski definition) is 4. The lowest BCUT2D eigenvalue weighted by atomic mass is 10.3. The minimum Gasteiger partial charge on any atom is -0.356 e. The monoisotopic (exact) mass is 223 g/mol. The number of nitrogens with one attached hydrogen (secondary N) is 1. The number of aryl methyl sites for hydroxylation is 1. The molecular formula is C8H13N7O. The summed E-state index contributed by atoms with van der Waals surface area (Å²) in [5, 5.41) is 9.96. The van der Waals surface area contributed by atoms with Gasteiger partial charge in [0.25, 0.3) is 0 Å². The van der Waals surface area contributed by atoms with E-state index < -0.39 is 0 Å². The van der Waals surface area contributed by atoms with Crippen LogP contribution in [-0.2, 0) is 11.3 Å². The van der Waals surface area contributed by atoms with E-state index in [-0.39, 0.29) is 5.91 Å². The molecule has 1 N–H and O–H groups in total. The van der Waals surface area contributed by atoms with E-state index in [1.807, 2.05) is 0 Å². The predicted molar refractivity (Wildman–Crippen MR) is 56.3 cm³/mol. The molecule has 1 heterocycles. The Bertz CT molecular complexity index is 354. The third-order valence-corrected chi connectivity index (χ3v) is 1.85.